The summed E-state index contributed by atoms with van der Waals surface area (Å²) in [6.45, 7) is 6.50. The molecule has 4 atom stereocenters. The second-order valence-corrected chi connectivity index (χ2v) is 5.02. The minimum absolute atomic E-state index is 0.0491. The zero-order valence-electron chi connectivity index (χ0n) is 11.0. The summed E-state index contributed by atoms with van der Waals surface area (Å²) in [6, 6.07) is 0. The van der Waals surface area contributed by atoms with Crippen LogP contribution in [0.25, 0.3) is 0 Å². The first-order chi connectivity index (χ1) is 9.08. The van der Waals surface area contributed by atoms with Gasteiger partial charge in [0.2, 0.25) is 6.20 Å². The highest BCUT2D eigenvalue weighted by atomic mass is 35.5. The third kappa shape index (κ3) is 5.30. The van der Waals surface area contributed by atoms with Gasteiger partial charge in [0, 0.05) is 6.61 Å². The van der Waals surface area contributed by atoms with Crippen LogP contribution in [0.15, 0.2) is 24.9 Å². The van der Waals surface area contributed by atoms with Gasteiger partial charge >= 0.3 is 0 Å². The Morgan fingerprint density at radius 1 is 1.47 bits per heavy atom. The Labute approximate surface area is 118 Å². The van der Waals surface area contributed by atoms with Crippen LogP contribution in [-0.2, 0) is 9.47 Å². The van der Waals surface area contributed by atoms with Crippen LogP contribution < -0.4 is 0 Å². The molecule has 19 heavy (non-hydrogen) atoms. The van der Waals surface area contributed by atoms with Crippen molar-refractivity contribution in [2.24, 2.45) is 5.92 Å². The lowest BCUT2D eigenvalue weighted by Gasteiger charge is -2.37. The van der Waals surface area contributed by atoms with E-state index in [0.717, 1.165) is 6.20 Å². The summed E-state index contributed by atoms with van der Waals surface area (Å²) < 4.78 is 11.3. The van der Waals surface area contributed by atoms with E-state index >= 15 is 0 Å². The predicted octanol–water partition coefficient (Wildman–Crippen LogP) is 2.77. The number of nitrogens with zero attached hydrogens (tertiary/aromatic N) is 1. The van der Waals surface area contributed by atoms with Gasteiger partial charge in [-0.2, -0.15) is 0 Å². The van der Waals surface area contributed by atoms with Crippen molar-refractivity contribution in [1.29, 1.82) is 0 Å². The second kappa shape index (κ2) is 8.30. The Kier molecular flexibility index (Phi) is 7.05. The molecule has 0 radical (unpaired) electrons. The fourth-order valence-electron chi connectivity index (χ4n) is 2.30. The van der Waals surface area contributed by atoms with Crippen LogP contribution >= 0.6 is 11.6 Å². The van der Waals surface area contributed by atoms with Gasteiger partial charge in [-0.3, -0.25) is 10.1 Å². The molecule has 0 saturated heterocycles. The number of alkyl halides is 1. The number of hydrogen-bond acceptors (Lipinski definition) is 4. The summed E-state index contributed by atoms with van der Waals surface area (Å²) in [5.74, 6) is 0.0491. The standard InChI is InChI=1S/C13H20ClNO4/c1-3-7-19-13-11(14)8-10(5-6-15(16)17)9-12(13)18-4-2/h3,5-6,10-13H,1,4,7-9H2,2H3/b6-5+. The molecule has 6 heteroatoms. The highest BCUT2D eigenvalue weighted by molar-refractivity contribution is 6.21. The monoisotopic (exact) mass is 289 g/mol. The Balaban J connectivity index is 2.67. The molecule has 108 valence electrons. The lowest BCUT2D eigenvalue weighted by Crippen LogP contribution is -2.45. The average molecular weight is 290 g/mol. The van der Waals surface area contributed by atoms with E-state index < -0.39 is 4.92 Å². The first-order valence-corrected chi connectivity index (χ1v) is 6.82. The van der Waals surface area contributed by atoms with Crippen molar-refractivity contribution in [2.75, 3.05) is 13.2 Å². The highest BCUT2D eigenvalue weighted by Crippen LogP contribution is 2.33. The van der Waals surface area contributed by atoms with E-state index in [2.05, 4.69) is 6.58 Å². The summed E-state index contributed by atoms with van der Waals surface area (Å²) in [5.41, 5.74) is 0. The van der Waals surface area contributed by atoms with Gasteiger partial charge in [0.05, 0.1) is 23.0 Å². The van der Waals surface area contributed by atoms with E-state index in [0.29, 0.717) is 26.1 Å². The Morgan fingerprint density at radius 2 is 2.21 bits per heavy atom. The van der Waals surface area contributed by atoms with Crippen molar-refractivity contribution in [3.63, 3.8) is 0 Å². The van der Waals surface area contributed by atoms with Gasteiger partial charge < -0.3 is 9.47 Å². The minimum Gasteiger partial charge on any atom is -0.376 e. The van der Waals surface area contributed by atoms with Gasteiger partial charge in [0.25, 0.3) is 0 Å². The fourth-order valence-corrected chi connectivity index (χ4v) is 2.77. The molecule has 0 bridgehead atoms. The third-order valence-electron chi connectivity index (χ3n) is 3.05. The molecule has 1 fully saturated rings. The lowest BCUT2D eigenvalue weighted by molar-refractivity contribution is -0.402. The summed E-state index contributed by atoms with van der Waals surface area (Å²) in [7, 11) is 0. The molecule has 0 aromatic carbocycles. The first kappa shape index (κ1) is 16.1. The van der Waals surface area contributed by atoms with Crippen LogP contribution in [-0.4, -0.2) is 35.7 Å². The molecule has 5 nitrogen and oxygen atoms in total. The number of ether oxygens (including phenoxy) is 2. The summed E-state index contributed by atoms with van der Waals surface area (Å²) in [5, 5.41) is 10.1. The van der Waals surface area contributed by atoms with Gasteiger partial charge in [-0.25, -0.2) is 0 Å². The van der Waals surface area contributed by atoms with E-state index in [1.807, 2.05) is 6.92 Å². The Morgan fingerprint density at radius 3 is 2.79 bits per heavy atom. The highest BCUT2D eigenvalue weighted by Gasteiger charge is 2.37. The lowest BCUT2D eigenvalue weighted by atomic mass is 9.84. The SMILES string of the molecule is C=CCOC1C(Cl)CC(/C=C/[N+](=O)[O-])CC1OCC. The molecule has 0 spiro atoms. The van der Waals surface area contributed by atoms with E-state index in [1.54, 1.807) is 12.2 Å². The number of nitro groups is 1. The molecule has 0 aliphatic heterocycles. The van der Waals surface area contributed by atoms with Gasteiger partial charge in [-0.15, -0.1) is 18.2 Å². The van der Waals surface area contributed by atoms with Gasteiger partial charge in [0.15, 0.2) is 0 Å². The molecule has 4 unspecified atom stereocenters. The largest absolute Gasteiger partial charge is 0.376 e. The molecule has 1 aliphatic rings. The van der Waals surface area contributed by atoms with Crippen molar-refractivity contribution < 1.29 is 14.4 Å². The second-order valence-electron chi connectivity index (χ2n) is 4.45. The van der Waals surface area contributed by atoms with Crippen molar-refractivity contribution in [3.8, 4) is 0 Å². The quantitative estimate of drug-likeness (QED) is 0.313. The van der Waals surface area contributed by atoms with Crippen LogP contribution in [0, 0.1) is 16.0 Å². The maximum Gasteiger partial charge on any atom is 0.230 e. The maximum atomic E-state index is 10.4. The van der Waals surface area contributed by atoms with Crippen molar-refractivity contribution in [3.05, 3.63) is 35.0 Å². The van der Waals surface area contributed by atoms with Crippen molar-refractivity contribution in [2.45, 2.75) is 37.4 Å². The van der Waals surface area contributed by atoms with E-state index in [9.17, 15) is 10.1 Å². The number of halogens is 1. The van der Waals surface area contributed by atoms with Crippen LogP contribution in [0.3, 0.4) is 0 Å². The van der Waals surface area contributed by atoms with Crippen LogP contribution in [0.2, 0.25) is 0 Å². The van der Waals surface area contributed by atoms with Crippen LogP contribution in [0.4, 0.5) is 0 Å². The molecule has 1 aliphatic carbocycles. The molecule has 1 rings (SSSR count). The molecular formula is C13H20ClNO4. The minimum atomic E-state index is -0.459. The zero-order valence-corrected chi connectivity index (χ0v) is 11.8. The maximum absolute atomic E-state index is 10.4. The molecule has 0 amide bonds. The van der Waals surface area contributed by atoms with Crippen LogP contribution in [0.5, 0.6) is 0 Å². The van der Waals surface area contributed by atoms with Crippen molar-refractivity contribution >= 4 is 11.6 Å². The molecular weight excluding hydrogens is 270 g/mol. The molecule has 0 aromatic rings. The average Bonchev–Trinajstić information content (AvgIpc) is 2.36. The fraction of sp³-hybridized carbons (Fsp3) is 0.692. The molecule has 0 N–H and O–H groups in total. The number of rotatable bonds is 7. The number of allylic oxidation sites excluding steroid dienone is 1. The smallest absolute Gasteiger partial charge is 0.230 e. The van der Waals surface area contributed by atoms with Crippen LogP contribution in [0.1, 0.15) is 19.8 Å². The van der Waals surface area contributed by atoms with E-state index in [1.165, 1.54) is 0 Å². The summed E-state index contributed by atoms with van der Waals surface area (Å²) in [4.78, 5) is 9.90. The predicted molar refractivity (Wildman–Crippen MR) is 73.9 cm³/mol. The third-order valence-corrected chi connectivity index (χ3v) is 3.48. The topological polar surface area (TPSA) is 61.6 Å². The number of hydrogen-bond donors (Lipinski definition) is 0. The Hall–Kier alpha value is -0.910. The Bertz CT molecular complexity index is 335. The van der Waals surface area contributed by atoms with Crippen molar-refractivity contribution in [1.82, 2.24) is 0 Å². The summed E-state index contributed by atoms with van der Waals surface area (Å²) >= 11 is 6.32. The van der Waals surface area contributed by atoms with E-state index in [4.69, 9.17) is 21.1 Å². The summed E-state index contributed by atoms with van der Waals surface area (Å²) in [6.07, 6.45) is 5.24. The van der Waals surface area contributed by atoms with Gasteiger partial charge in [-0.1, -0.05) is 6.08 Å². The van der Waals surface area contributed by atoms with Gasteiger partial charge in [-0.05, 0) is 31.8 Å². The molecule has 0 heterocycles. The van der Waals surface area contributed by atoms with E-state index in [-0.39, 0.29) is 23.5 Å². The molecule has 0 aromatic heterocycles. The van der Waals surface area contributed by atoms with Gasteiger partial charge in [0.1, 0.15) is 6.10 Å². The normalized spacial score (nSPS) is 31.5. The zero-order chi connectivity index (χ0) is 14.3. The first-order valence-electron chi connectivity index (χ1n) is 6.38. The molecule has 1 saturated carbocycles.